The van der Waals surface area contributed by atoms with Crippen molar-refractivity contribution in [2.24, 2.45) is 0 Å². The number of anilines is 1. The number of nitrogen functional groups attached to an aromatic ring is 1. The van der Waals surface area contributed by atoms with Gasteiger partial charge in [-0.2, -0.15) is 0 Å². The van der Waals surface area contributed by atoms with E-state index in [0.29, 0.717) is 14.9 Å². The molecule has 100 valence electrons. The van der Waals surface area contributed by atoms with Gasteiger partial charge in [-0.1, -0.05) is 29.4 Å². The normalized spacial score (nSPS) is 11.5. The van der Waals surface area contributed by atoms with Crippen LogP contribution in [-0.4, -0.2) is 19.7 Å². The highest BCUT2D eigenvalue weighted by Crippen LogP contribution is 2.34. The number of sulfone groups is 1. The van der Waals surface area contributed by atoms with Gasteiger partial charge < -0.3 is 5.73 Å². The van der Waals surface area contributed by atoms with E-state index in [2.05, 4.69) is 4.98 Å². The zero-order chi connectivity index (χ0) is 14.0. The fourth-order valence-electron chi connectivity index (χ4n) is 1.47. The Balaban J connectivity index is 2.39. The molecule has 1 aromatic heterocycles. The van der Waals surface area contributed by atoms with Crippen molar-refractivity contribution in [2.45, 2.75) is 14.8 Å². The summed E-state index contributed by atoms with van der Waals surface area (Å²) in [6.07, 6.45) is 2.66. The number of aromatic nitrogens is 1. The predicted molar refractivity (Wildman–Crippen MR) is 77.3 cm³/mol. The third kappa shape index (κ3) is 3.40. The molecule has 1 heterocycles. The number of para-hydroxylation sites is 1. The Morgan fingerprint density at radius 2 is 2.00 bits per heavy atom. The third-order valence-corrected chi connectivity index (χ3v) is 4.75. The van der Waals surface area contributed by atoms with Gasteiger partial charge in [-0.3, -0.25) is 0 Å². The van der Waals surface area contributed by atoms with Crippen molar-refractivity contribution >= 4 is 38.9 Å². The van der Waals surface area contributed by atoms with Crippen molar-refractivity contribution in [3.05, 3.63) is 41.6 Å². The lowest BCUT2D eigenvalue weighted by molar-refractivity contribution is 0.602. The topological polar surface area (TPSA) is 73.0 Å². The van der Waals surface area contributed by atoms with Crippen LogP contribution < -0.4 is 5.73 Å². The van der Waals surface area contributed by atoms with E-state index in [9.17, 15) is 8.42 Å². The molecule has 7 heteroatoms. The summed E-state index contributed by atoms with van der Waals surface area (Å²) in [7, 11) is -3.33. The van der Waals surface area contributed by atoms with E-state index in [1.165, 1.54) is 24.0 Å². The van der Waals surface area contributed by atoms with Crippen LogP contribution in [0, 0.1) is 0 Å². The molecule has 0 radical (unpaired) electrons. The second-order valence-corrected chi connectivity index (χ2v) is 7.34. The Kier molecular flexibility index (Phi) is 4.03. The molecule has 1 aromatic carbocycles. The molecule has 0 spiro atoms. The quantitative estimate of drug-likeness (QED) is 0.882. The highest BCUT2D eigenvalue weighted by atomic mass is 35.5. The molecule has 19 heavy (non-hydrogen) atoms. The fourth-order valence-corrected chi connectivity index (χ4v) is 3.32. The smallest absolute Gasteiger partial charge is 0.177 e. The van der Waals surface area contributed by atoms with Gasteiger partial charge >= 0.3 is 0 Å². The number of hydrogen-bond donors (Lipinski definition) is 1. The number of pyridine rings is 1. The van der Waals surface area contributed by atoms with Crippen LogP contribution in [0.1, 0.15) is 0 Å². The van der Waals surface area contributed by atoms with Crippen LogP contribution in [0.5, 0.6) is 0 Å². The van der Waals surface area contributed by atoms with E-state index in [0.717, 1.165) is 6.26 Å². The first-order chi connectivity index (χ1) is 8.88. The number of halogens is 1. The number of nitrogens with two attached hydrogens (primary N) is 1. The molecule has 0 unspecified atom stereocenters. The average molecular weight is 315 g/mol. The molecular weight excluding hydrogens is 304 g/mol. The van der Waals surface area contributed by atoms with Gasteiger partial charge in [0.15, 0.2) is 9.84 Å². The Bertz CT molecular complexity index is 700. The third-order valence-electron chi connectivity index (χ3n) is 2.34. The Morgan fingerprint density at radius 1 is 1.26 bits per heavy atom. The second kappa shape index (κ2) is 5.40. The highest BCUT2D eigenvalue weighted by Gasteiger charge is 2.14. The lowest BCUT2D eigenvalue weighted by Crippen LogP contribution is -2.03. The van der Waals surface area contributed by atoms with Crippen molar-refractivity contribution < 1.29 is 8.42 Å². The number of benzene rings is 1. The summed E-state index contributed by atoms with van der Waals surface area (Å²) < 4.78 is 23.2. The predicted octanol–water partition coefficient (Wildman–Crippen LogP) is 2.87. The van der Waals surface area contributed by atoms with Gasteiger partial charge in [0.25, 0.3) is 0 Å². The van der Waals surface area contributed by atoms with Gasteiger partial charge in [0, 0.05) is 17.3 Å². The second-order valence-electron chi connectivity index (χ2n) is 3.86. The average Bonchev–Trinajstić information content (AvgIpc) is 2.33. The van der Waals surface area contributed by atoms with E-state index >= 15 is 0 Å². The van der Waals surface area contributed by atoms with Crippen LogP contribution in [0.2, 0.25) is 5.02 Å². The van der Waals surface area contributed by atoms with Crippen LogP contribution in [0.4, 0.5) is 5.69 Å². The van der Waals surface area contributed by atoms with Crippen molar-refractivity contribution in [3.8, 4) is 0 Å². The van der Waals surface area contributed by atoms with E-state index in [-0.39, 0.29) is 10.6 Å². The maximum Gasteiger partial charge on any atom is 0.177 e. The maximum atomic E-state index is 11.6. The number of rotatable bonds is 3. The molecule has 4 nitrogen and oxygen atoms in total. The van der Waals surface area contributed by atoms with E-state index in [1.807, 2.05) is 0 Å². The molecular formula is C12H11ClN2O2S2. The molecule has 0 aliphatic rings. The van der Waals surface area contributed by atoms with Crippen molar-refractivity contribution in [3.63, 3.8) is 0 Å². The first kappa shape index (κ1) is 14.2. The van der Waals surface area contributed by atoms with Gasteiger partial charge in [-0.25, -0.2) is 13.4 Å². The molecule has 0 bridgehead atoms. The van der Waals surface area contributed by atoms with Crippen LogP contribution in [0.15, 0.2) is 51.3 Å². The molecule has 2 N–H and O–H groups in total. The molecule has 2 aromatic rings. The zero-order valence-electron chi connectivity index (χ0n) is 10.00. The monoisotopic (exact) mass is 314 g/mol. The van der Waals surface area contributed by atoms with Crippen LogP contribution >= 0.6 is 23.4 Å². The standard InChI is InChI=1S/C12H11ClN2O2S2/c1-19(16,17)10-4-2-3-9(12(10)14)18-11-6-5-8(13)7-15-11/h2-7H,14H2,1H3. The van der Waals surface area contributed by atoms with E-state index < -0.39 is 9.84 Å². The van der Waals surface area contributed by atoms with Crippen LogP contribution in [-0.2, 0) is 9.84 Å². The molecule has 0 saturated carbocycles. The summed E-state index contributed by atoms with van der Waals surface area (Å²) in [6, 6.07) is 8.37. The lowest BCUT2D eigenvalue weighted by Gasteiger charge is -2.08. The summed E-state index contributed by atoms with van der Waals surface area (Å²) in [6.45, 7) is 0. The van der Waals surface area contributed by atoms with Crippen molar-refractivity contribution in [2.75, 3.05) is 12.0 Å². The molecule has 0 amide bonds. The maximum absolute atomic E-state index is 11.6. The Labute approximate surface area is 120 Å². The van der Waals surface area contributed by atoms with Gasteiger partial charge in [0.1, 0.15) is 5.03 Å². The van der Waals surface area contributed by atoms with Gasteiger partial charge in [0.05, 0.1) is 15.6 Å². The first-order valence-electron chi connectivity index (χ1n) is 5.26. The molecule has 0 atom stereocenters. The molecule has 0 saturated heterocycles. The zero-order valence-corrected chi connectivity index (χ0v) is 12.4. The largest absolute Gasteiger partial charge is 0.397 e. The number of hydrogen-bond acceptors (Lipinski definition) is 5. The summed E-state index contributed by atoms with van der Waals surface area (Å²) >= 11 is 7.05. The van der Waals surface area contributed by atoms with Crippen molar-refractivity contribution in [1.29, 1.82) is 0 Å². The van der Waals surface area contributed by atoms with Crippen LogP contribution in [0.3, 0.4) is 0 Å². The molecule has 0 aliphatic carbocycles. The van der Waals surface area contributed by atoms with Crippen LogP contribution in [0.25, 0.3) is 0 Å². The highest BCUT2D eigenvalue weighted by molar-refractivity contribution is 7.99. The SMILES string of the molecule is CS(=O)(=O)c1cccc(Sc2ccc(Cl)cn2)c1N. The van der Waals surface area contributed by atoms with E-state index in [4.69, 9.17) is 17.3 Å². The Hall–Kier alpha value is -1.24. The lowest BCUT2D eigenvalue weighted by atomic mass is 10.3. The Morgan fingerprint density at radius 3 is 2.58 bits per heavy atom. The van der Waals surface area contributed by atoms with E-state index in [1.54, 1.807) is 24.3 Å². The summed E-state index contributed by atoms with van der Waals surface area (Å²) in [5, 5.41) is 1.24. The summed E-state index contributed by atoms with van der Waals surface area (Å²) in [5.41, 5.74) is 6.14. The van der Waals surface area contributed by atoms with Gasteiger partial charge in [-0.05, 0) is 24.3 Å². The minimum absolute atomic E-state index is 0.131. The summed E-state index contributed by atoms with van der Waals surface area (Å²) in [5.74, 6) is 0. The first-order valence-corrected chi connectivity index (χ1v) is 8.34. The van der Waals surface area contributed by atoms with Crippen molar-refractivity contribution in [1.82, 2.24) is 4.98 Å². The number of nitrogens with zero attached hydrogens (tertiary/aromatic N) is 1. The minimum Gasteiger partial charge on any atom is -0.397 e. The van der Waals surface area contributed by atoms with Gasteiger partial charge in [0.2, 0.25) is 0 Å². The van der Waals surface area contributed by atoms with Gasteiger partial charge in [-0.15, -0.1) is 0 Å². The minimum atomic E-state index is -3.33. The summed E-state index contributed by atoms with van der Waals surface area (Å²) in [4.78, 5) is 4.91. The molecule has 0 aliphatic heterocycles. The molecule has 2 rings (SSSR count). The fraction of sp³-hybridized carbons (Fsp3) is 0.0833. The molecule has 0 fully saturated rings.